The van der Waals surface area contributed by atoms with Gasteiger partial charge in [0.1, 0.15) is 0 Å². The Morgan fingerprint density at radius 3 is 2.00 bits per heavy atom. The van der Waals surface area contributed by atoms with Crippen LogP contribution in [0.4, 0.5) is 0 Å². The van der Waals surface area contributed by atoms with Crippen LogP contribution in [0.1, 0.15) is 33.3 Å². The summed E-state index contributed by atoms with van der Waals surface area (Å²) in [7, 11) is 0. The summed E-state index contributed by atoms with van der Waals surface area (Å²) in [5, 5.41) is 0.768. The quantitative estimate of drug-likeness (QED) is 0.561. The van der Waals surface area contributed by atoms with Crippen molar-refractivity contribution < 1.29 is 13.6 Å². The van der Waals surface area contributed by atoms with E-state index in [1.54, 1.807) is 0 Å². The fraction of sp³-hybridized carbons (Fsp3) is 0.538. The molecule has 3 nitrogen and oxygen atoms in total. The molecule has 0 unspecified atom stereocenters. The van der Waals surface area contributed by atoms with E-state index in [1.165, 1.54) is 5.56 Å². The van der Waals surface area contributed by atoms with Crippen LogP contribution in [0, 0.1) is 0 Å². The monoisotopic (exact) mass is 336 g/mol. The van der Waals surface area contributed by atoms with Crippen molar-refractivity contribution in [3.8, 4) is 0 Å². The molecule has 0 fully saturated rings. The Morgan fingerprint density at radius 1 is 1.06 bits per heavy atom. The fourth-order valence-electron chi connectivity index (χ4n) is 1.33. The van der Waals surface area contributed by atoms with Gasteiger partial charge in [-0.2, -0.15) is 0 Å². The van der Waals surface area contributed by atoms with E-state index >= 15 is 0 Å². The average Bonchev–Trinajstić information content (AvgIpc) is 2.26. The van der Waals surface area contributed by atoms with E-state index in [1.807, 2.05) is 58.0 Å². The van der Waals surface area contributed by atoms with Gasteiger partial charge in [-0.25, -0.2) is 0 Å². The van der Waals surface area contributed by atoms with Crippen molar-refractivity contribution in [2.45, 2.75) is 45.2 Å². The molecule has 0 aromatic heterocycles. The van der Waals surface area contributed by atoms with Crippen molar-refractivity contribution in [2.75, 3.05) is 0 Å². The summed E-state index contributed by atoms with van der Waals surface area (Å²) in [6, 6.07) is 10.0. The zero-order valence-corrected chi connectivity index (χ0v) is 13.9. The first-order chi connectivity index (χ1) is 8.41. The van der Waals surface area contributed by atoms with Crippen molar-refractivity contribution >= 4 is 20.8 Å². The Bertz CT molecular complexity index is 378. The molecule has 0 spiro atoms. The van der Waals surface area contributed by atoms with E-state index in [4.69, 9.17) is 9.05 Å². The third-order valence-electron chi connectivity index (χ3n) is 1.91. The first kappa shape index (κ1) is 15.9. The molecule has 0 saturated heterocycles. The van der Waals surface area contributed by atoms with Gasteiger partial charge in [-0.05, 0) is 0 Å². The number of rotatable bonds is 7. The predicted octanol–water partition coefficient (Wildman–Crippen LogP) is 3.85. The van der Waals surface area contributed by atoms with Crippen LogP contribution in [0.3, 0.4) is 0 Å². The third kappa shape index (κ3) is 6.17. The summed E-state index contributed by atoms with van der Waals surface area (Å²) < 4.78 is 23.7. The molecule has 18 heavy (non-hydrogen) atoms. The van der Waals surface area contributed by atoms with Crippen LogP contribution in [0.25, 0.3) is 0 Å². The molecule has 1 aromatic rings. The molecule has 0 bridgehead atoms. The molecular weight excluding hydrogens is 314 g/mol. The van der Waals surface area contributed by atoms with Gasteiger partial charge in [0, 0.05) is 0 Å². The number of hydrogen-bond acceptors (Lipinski definition) is 3. The second-order valence-corrected chi connectivity index (χ2v) is 11.1. The van der Waals surface area contributed by atoms with E-state index < -0.39 is 6.29 Å². The van der Waals surface area contributed by atoms with Gasteiger partial charge >= 0.3 is 116 Å². The molecule has 1 rings (SSSR count). The van der Waals surface area contributed by atoms with Crippen molar-refractivity contribution in [1.82, 2.24) is 0 Å². The second-order valence-electron chi connectivity index (χ2n) is 4.51. The first-order valence-electron chi connectivity index (χ1n) is 6.06. The van der Waals surface area contributed by atoms with Crippen LogP contribution in [-0.2, 0) is 18.9 Å². The first-order valence-corrected chi connectivity index (χ1v) is 11.0. The number of benzene rings is 1. The van der Waals surface area contributed by atoms with E-state index in [9.17, 15) is 4.57 Å². The van der Waals surface area contributed by atoms with Gasteiger partial charge in [-0.1, -0.05) is 0 Å². The van der Waals surface area contributed by atoms with Crippen molar-refractivity contribution in [3.05, 3.63) is 35.9 Å². The van der Waals surface area contributed by atoms with Crippen LogP contribution in [-0.4, -0.2) is 26.7 Å². The predicted molar refractivity (Wildman–Crippen MR) is 75.9 cm³/mol. The molecule has 0 saturated carbocycles. The minimum absolute atomic E-state index is 0.0766. The van der Waals surface area contributed by atoms with E-state index in [-0.39, 0.29) is 26.7 Å². The Balaban J connectivity index is 2.64. The normalized spacial score (nSPS) is 12.3. The molecular formula is C13H21O3PSe. The zero-order chi connectivity index (χ0) is 13.6. The van der Waals surface area contributed by atoms with Crippen molar-refractivity contribution in [3.63, 3.8) is 0 Å². The molecule has 102 valence electrons. The van der Waals surface area contributed by atoms with Crippen LogP contribution >= 0.6 is 6.29 Å². The van der Waals surface area contributed by atoms with Gasteiger partial charge in [-0.15, -0.1) is 0 Å². The van der Waals surface area contributed by atoms with E-state index in [0.29, 0.717) is 0 Å². The maximum absolute atomic E-state index is 12.6. The average molecular weight is 335 g/mol. The van der Waals surface area contributed by atoms with Gasteiger partial charge in [0.05, 0.1) is 0 Å². The minimum atomic E-state index is -2.93. The van der Waals surface area contributed by atoms with Gasteiger partial charge in [0.25, 0.3) is 0 Å². The molecule has 0 aliphatic carbocycles. The van der Waals surface area contributed by atoms with Crippen LogP contribution < -0.4 is 0 Å². The molecule has 0 aliphatic heterocycles. The standard InChI is InChI=1S/C13H21O3PSe/c1-11(2)15-17(14,16-12(3)4)18-10-13-8-6-5-7-9-13/h5-9,11-12H,10H2,1-4H3. The summed E-state index contributed by atoms with van der Waals surface area (Å²) in [5.41, 5.74) is 1.18. The van der Waals surface area contributed by atoms with Crippen molar-refractivity contribution in [1.29, 1.82) is 0 Å². The van der Waals surface area contributed by atoms with E-state index in [0.717, 1.165) is 5.32 Å². The van der Waals surface area contributed by atoms with Crippen LogP contribution in [0.5, 0.6) is 0 Å². The second kappa shape index (κ2) is 7.47. The third-order valence-corrected chi connectivity index (χ3v) is 8.30. The Labute approximate surface area is 116 Å². The SMILES string of the molecule is CC(C)OP(=O)(OC(C)C)[Se]Cc1ccccc1. The molecule has 0 atom stereocenters. The molecule has 0 radical (unpaired) electrons. The topological polar surface area (TPSA) is 35.5 Å². The van der Waals surface area contributed by atoms with Gasteiger partial charge < -0.3 is 0 Å². The summed E-state index contributed by atoms with van der Waals surface area (Å²) in [4.78, 5) is 0. The fourth-order valence-corrected chi connectivity index (χ4v) is 8.11. The van der Waals surface area contributed by atoms with E-state index in [2.05, 4.69) is 0 Å². The maximum atomic E-state index is 12.6. The zero-order valence-electron chi connectivity index (χ0n) is 11.3. The summed E-state index contributed by atoms with van der Waals surface area (Å²) in [6.07, 6.45) is -3.09. The molecule has 0 heterocycles. The van der Waals surface area contributed by atoms with Crippen molar-refractivity contribution in [2.24, 2.45) is 0 Å². The number of hydrogen-bond donors (Lipinski definition) is 0. The van der Waals surface area contributed by atoms with Crippen LogP contribution in [0.2, 0.25) is 0 Å². The van der Waals surface area contributed by atoms with Gasteiger partial charge in [-0.3, -0.25) is 0 Å². The Morgan fingerprint density at radius 2 is 1.56 bits per heavy atom. The summed E-state index contributed by atoms with van der Waals surface area (Å²) in [6.45, 7) is 7.54. The summed E-state index contributed by atoms with van der Waals surface area (Å²) >= 11 is -0.192. The van der Waals surface area contributed by atoms with Crippen LogP contribution in [0.15, 0.2) is 30.3 Å². The van der Waals surface area contributed by atoms with Gasteiger partial charge in [0.2, 0.25) is 0 Å². The molecule has 1 aromatic carbocycles. The Kier molecular flexibility index (Phi) is 6.62. The summed E-state index contributed by atoms with van der Waals surface area (Å²) in [5.74, 6) is 0. The molecule has 5 heteroatoms. The molecule has 0 amide bonds. The molecule has 0 aliphatic rings. The van der Waals surface area contributed by atoms with Gasteiger partial charge in [0.15, 0.2) is 0 Å². The molecule has 0 N–H and O–H groups in total. The Hall–Kier alpha value is -0.111.